The topological polar surface area (TPSA) is 49.7 Å². The molecule has 0 amide bonds. The lowest BCUT2D eigenvalue weighted by atomic mass is 9.76. The Kier molecular flexibility index (Phi) is 17.4. The van der Waals surface area contributed by atoms with Crippen LogP contribution in [0.3, 0.4) is 0 Å². The SMILES string of the molecule is CCCCCCCCCCCCCCCCCC[P+](O)(O)Oc1ccc(C(C)(C)CC)cc1C(C)(C)CC. The molecule has 222 valence electrons. The van der Waals surface area contributed by atoms with E-state index in [0.717, 1.165) is 31.2 Å². The minimum absolute atomic E-state index is 0.0787. The van der Waals surface area contributed by atoms with Gasteiger partial charge in [-0.3, -0.25) is 4.52 Å². The number of benzene rings is 1. The van der Waals surface area contributed by atoms with Gasteiger partial charge in [0.15, 0.2) is 5.75 Å². The zero-order valence-electron chi connectivity index (χ0n) is 26.4. The monoisotopic (exact) mass is 551 g/mol. The van der Waals surface area contributed by atoms with E-state index in [1.54, 1.807) is 0 Å². The molecule has 2 N–H and O–H groups in total. The normalized spacial score (nSPS) is 12.8. The molecule has 0 unspecified atom stereocenters. The van der Waals surface area contributed by atoms with Crippen LogP contribution in [0.15, 0.2) is 18.2 Å². The molecule has 0 saturated heterocycles. The van der Waals surface area contributed by atoms with Gasteiger partial charge in [-0.25, -0.2) is 0 Å². The van der Waals surface area contributed by atoms with Crippen molar-refractivity contribution < 1.29 is 14.3 Å². The van der Waals surface area contributed by atoms with Crippen molar-refractivity contribution in [1.82, 2.24) is 0 Å². The molecule has 0 heterocycles. The Morgan fingerprint density at radius 3 is 1.45 bits per heavy atom. The summed E-state index contributed by atoms with van der Waals surface area (Å²) in [7, 11) is -3.42. The van der Waals surface area contributed by atoms with Gasteiger partial charge in [0.05, 0.1) is 0 Å². The average Bonchev–Trinajstić information content (AvgIpc) is 2.88. The van der Waals surface area contributed by atoms with Crippen LogP contribution >= 0.6 is 7.94 Å². The fourth-order valence-corrected chi connectivity index (χ4v) is 6.22. The lowest BCUT2D eigenvalue weighted by Crippen LogP contribution is -2.21. The maximum atomic E-state index is 10.8. The van der Waals surface area contributed by atoms with E-state index in [9.17, 15) is 9.79 Å². The van der Waals surface area contributed by atoms with Gasteiger partial charge in [0.25, 0.3) is 0 Å². The predicted molar refractivity (Wildman–Crippen MR) is 169 cm³/mol. The molecule has 0 aliphatic rings. The average molecular weight is 552 g/mol. The second-order valence-electron chi connectivity index (χ2n) is 13.0. The molecule has 0 aromatic heterocycles. The number of rotatable bonds is 23. The molecule has 1 aromatic carbocycles. The van der Waals surface area contributed by atoms with Gasteiger partial charge >= 0.3 is 7.94 Å². The predicted octanol–water partition coefficient (Wildman–Crippen LogP) is 11.4. The molecule has 1 aromatic rings. The Labute approximate surface area is 238 Å². The van der Waals surface area contributed by atoms with Crippen molar-refractivity contribution in [3.8, 4) is 5.75 Å². The van der Waals surface area contributed by atoms with Gasteiger partial charge in [-0.1, -0.05) is 150 Å². The third-order valence-electron chi connectivity index (χ3n) is 8.81. The highest BCUT2D eigenvalue weighted by molar-refractivity contribution is 7.60. The van der Waals surface area contributed by atoms with Crippen LogP contribution < -0.4 is 4.52 Å². The van der Waals surface area contributed by atoms with Crippen LogP contribution in [0.1, 0.15) is 175 Å². The summed E-state index contributed by atoms with van der Waals surface area (Å²) in [6, 6.07) is 6.30. The molecule has 0 fully saturated rings. The van der Waals surface area contributed by atoms with Gasteiger partial charge in [-0.15, -0.1) is 0 Å². The standard InChI is InChI=1S/C34H64O3P/c1-8-11-12-13-14-15-16-17-18-19-20-21-22-23-24-25-28-38(35,36)37-32-27-26-30(33(4,5)9-2)29-31(32)34(6,7)10-3/h26-27,29,35-36H,8-25,28H2,1-7H3/q+1. The van der Waals surface area contributed by atoms with Gasteiger partial charge < -0.3 is 0 Å². The van der Waals surface area contributed by atoms with Crippen LogP contribution in [-0.4, -0.2) is 15.9 Å². The summed E-state index contributed by atoms with van der Waals surface area (Å²) in [6.45, 7) is 15.6. The molecule has 3 nitrogen and oxygen atoms in total. The first kappa shape index (κ1) is 35.4. The quantitative estimate of drug-likeness (QED) is 0.105. The van der Waals surface area contributed by atoms with E-state index in [-0.39, 0.29) is 10.8 Å². The molecule has 0 atom stereocenters. The highest BCUT2D eigenvalue weighted by Gasteiger charge is 2.39. The van der Waals surface area contributed by atoms with Crippen molar-refractivity contribution in [1.29, 1.82) is 0 Å². The first-order valence-corrected chi connectivity index (χ1v) is 18.0. The van der Waals surface area contributed by atoms with Crippen molar-refractivity contribution in [2.75, 3.05) is 6.16 Å². The van der Waals surface area contributed by atoms with Crippen LogP contribution in [0.2, 0.25) is 0 Å². The second kappa shape index (κ2) is 18.7. The van der Waals surface area contributed by atoms with Gasteiger partial charge in [0, 0.05) is 5.56 Å². The minimum Gasteiger partial charge on any atom is -0.287 e. The van der Waals surface area contributed by atoms with Crippen molar-refractivity contribution in [2.24, 2.45) is 0 Å². The molecular weight excluding hydrogens is 487 g/mol. The summed E-state index contributed by atoms with van der Waals surface area (Å²) >= 11 is 0. The summed E-state index contributed by atoms with van der Waals surface area (Å²) < 4.78 is 5.97. The summed E-state index contributed by atoms with van der Waals surface area (Å²) in [4.78, 5) is 21.5. The maximum absolute atomic E-state index is 10.8. The molecule has 0 bridgehead atoms. The molecule has 0 aliphatic heterocycles. The first-order valence-electron chi connectivity index (χ1n) is 16.2. The Hall–Kier alpha value is -0.630. The fraction of sp³-hybridized carbons (Fsp3) is 0.824. The first-order chi connectivity index (χ1) is 18.0. The Bertz CT molecular complexity index is 741. The maximum Gasteiger partial charge on any atom is 0.451 e. The lowest BCUT2D eigenvalue weighted by Gasteiger charge is -2.30. The van der Waals surface area contributed by atoms with Crippen LogP contribution in [0.5, 0.6) is 5.75 Å². The smallest absolute Gasteiger partial charge is 0.287 e. The van der Waals surface area contributed by atoms with Gasteiger partial charge in [-0.2, -0.15) is 9.79 Å². The largest absolute Gasteiger partial charge is 0.451 e. The van der Waals surface area contributed by atoms with E-state index in [0.29, 0.717) is 11.9 Å². The highest BCUT2D eigenvalue weighted by Crippen LogP contribution is 2.54. The van der Waals surface area contributed by atoms with E-state index < -0.39 is 7.94 Å². The summed E-state index contributed by atoms with van der Waals surface area (Å²) in [5.74, 6) is 0.641. The van der Waals surface area contributed by atoms with Crippen molar-refractivity contribution >= 4 is 7.94 Å². The van der Waals surface area contributed by atoms with Gasteiger partial charge in [0.2, 0.25) is 0 Å². The van der Waals surface area contributed by atoms with Crippen LogP contribution in [-0.2, 0) is 10.8 Å². The van der Waals surface area contributed by atoms with Gasteiger partial charge in [0.1, 0.15) is 6.16 Å². The Balaban J connectivity index is 2.32. The van der Waals surface area contributed by atoms with E-state index in [2.05, 4.69) is 60.6 Å². The highest BCUT2D eigenvalue weighted by atomic mass is 31.2. The zero-order chi connectivity index (χ0) is 28.5. The number of hydrogen-bond acceptors (Lipinski definition) is 3. The van der Waals surface area contributed by atoms with E-state index in [1.807, 2.05) is 6.07 Å². The fourth-order valence-electron chi connectivity index (χ4n) is 5.02. The Morgan fingerprint density at radius 1 is 0.605 bits per heavy atom. The van der Waals surface area contributed by atoms with Crippen molar-refractivity contribution in [3.05, 3.63) is 29.3 Å². The summed E-state index contributed by atoms with van der Waals surface area (Å²) in [5, 5.41) is 0. The van der Waals surface area contributed by atoms with Crippen LogP contribution in [0.4, 0.5) is 0 Å². The van der Waals surface area contributed by atoms with Crippen LogP contribution in [0.25, 0.3) is 0 Å². The van der Waals surface area contributed by atoms with E-state index >= 15 is 0 Å². The summed E-state index contributed by atoms with van der Waals surface area (Å²) in [5.41, 5.74) is 2.35. The lowest BCUT2D eigenvalue weighted by molar-refractivity contribution is 0.330. The summed E-state index contributed by atoms with van der Waals surface area (Å²) in [6.07, 6.45) is 23.3. The van der Waals surface area contributed by atoms with E-state index in [4.69, 9.17) is 4.52 Å². The molecule has 0 aliphatic carbocycles. The third kappa shape index (κ3) is 14.1. The zero-order valence-corrected chi connectivity index (χ0v) is 27.3. The molecule has 0 radical (unpaired) electrons. The van der Waals surface area contributed by atoms with Crippen molar-refractivity contribution in [2.45, 2.75) is 175 Å². The number of hydrogen-bond donors (Lipinski definition) is 2. The molecule has 0 spiro atoms. The second-order valence-corrected chi connectivity index (χ2v) is 14.9. The van der Waals surface area contributed by atoms with E-state index in [1.165, 1.54) is 95.5 Å². The number of unbranched alkanes of at least 4 members (excludes halogenated alkanes) is 15. The Morgan fingerprint density at radius 2 is 1.03 bits per heavy atom. The van der Waals surface area contributed by atoms with Crippen LogP contribution in [0, 0.1) is 0 Å². The molecular formula is C34H64O3P+. The van der Waals surface area contributed by atoms with Crippen molar-refractivity contribution in [3.63, 3.8) is 0 Å². The minimum atomic E-state index is -3.42. The van der Waals surface area contributed by atoms with Gasteiger partial charge in [-0.05, 0) is 48.1 Å². The molecule has 0 saturated carbocycles. The molecule has 4 heteroatoms. The third-order valence-corrected chi connectivity index (χ3v) is 10.2. The molecule has 38 heavy (non-hydrogen) atoms. The molecule has 1 rings (SSSR count).